The third kappa shape index (κ3) is 2.73. The summed E-state index contributed by atoms with van der Waals surface area (Å²) in [4.78, 5) is 12.9. The third-order valence-corrected chi connectivity index (χ3v) is 11.1. The molecular weight excluding hydrogens is 416 g/mol. The summed E-state index contributed by atoms with van der Waals surface area (Å²) in [6.07, 6.45) is 9.02. The maximum absolute atomic E-state index is 12.9. The molecule has 6 aliphatic rings. The zero-order valence-electron chi connectivity index (χ0n) is 19.9. The molecule has 178 valence electrons. The van der Waals surface area contributed by atoms with E-state index in [2.05, 4.69) is 13.8 Å². The second kappa shape index (κ2) is 6.83. The van der Waals surface area contributed by atoms with E-state index < -0.39 is 5.79 Å². The lowest BCUT2D eigenvalue weighted by Gasteiger charge is -2.60. The molecule has 7 rings (SSSR count). The van der Waals surface area contributed by atoms with Gasteiger partial charge in [-0.25, -0.2) is 4.79 Å². The molecule has 6 fully saturated rings. The molecule has 1 aromatic rings. The van der Waals surface area contributed by atoms with Crippen LogP contribution in [0.15, 0.2) is 30.3 Å². The lowest BCUT2D eigenvalue weighted by molar-refractivity contribution is -0.227. The number of rotatable bonds is 2. The summed E-state index contributed by atoms with van der Waals surface area (Å²) in [6, 6.07) is 9.46. The monoisotopic (exact) mass is 452 g/mol. The van der Waals surface area contributed by atoms with Crippen molar-refractivity contribution >= 4 is 5.97 Å². The first-order valence-electron chi connectivity index (χ1n) is 13.1. The molecule has 0 amide bonds. The van der Waals surface area contributed by atoms with Crippen molar-refractivity contribution < 1.29 is 23.7 Å². The molecular formula is C28H36O5. The minimum absolute atomic E-state index is 0.0191. The van der Waals surface area contributed by atoms with Crippen LogP contribution in [0, 0.1) is 28.6 Å². The molecule has 0 unspecified atom stereocenters. The predicted octanol–water partition coefficient (Wildman–Crippen LogP) is 5.13. The lowest BCUT2D eigenvalue weighted by Crippen LogP contribution is -2.61. The normalized spacial score (nSPS) is 49.0. The molecule has 2 aliphatic heterocycles. The van der Waals surface area contributed by atoms with Crippen LogP contribution in [0.1, 0.15) is 75.6 Å². The van der Waals surface area contributed by atoms with E-state index in [9.17, 15) is 4.79 Å². The first-order valence-corrected chi connectivity index (χ1v) is 13.1. The molecule has 2 saturated heterocycles. The van der Waals surface area contributed by atoms with E-state index in [1.807, 2.05) is 30.3 Å². The largest absolute Gasteiger partial charge is 0.458 e. The summed E-state index contributed by atoms with van der Waals surface area (Å²) in [6.45, 7) is 6.34. The van der Waals surface area contributed by atoms with Crippen LogP contribution in [0.25, 0.3) is 0 Å². The maximum atomic E-state index is 12.9. The number of carbonyl (C=O) groups excluding carboxylic acids is 1. The van der Waals surface area contributed by atoms with Gasteiger partial charge in [-0.3, -0.25) is 0 Å². The standard InChI is InChI=1S/C28H36O5/c1-25-11-10-21-19(20(25)8-9-22(25)32-24(29)18-6-4-3-5-7-18)16-23-28(33-23)17-27(30-14-15-31-27)13-12-26(21,28)2/h3-7,19-23H,8-17H2,1-2H3/t19-,20-,21-,22+,23-,25-,26+,28-/m0/s1. The minimum Gasteiger partial charge on any atom is -0.458 e. The highest BCUT2D eigenvalue weighted by Crippen LogP contribution is 2.74. The summed E-state index contributed by atoms with van der Waals surface area (Å²) in [5.74, 6) is 1.39. The molecule has 1 aromatic carbocycles. The van der Waals surface area contributed by atoms with Gasteiger partial charge in [0, 0.05) is 23.7 Å². The highest BCUT2D eigenvalue weighted by atomic mass is 16.7. The van der Waals surface area contributed by atoms with Crippen LogP contribution in [0.5, 0.6) is 0 Å². The molecule has 2 spiro atoms. The Labute approximate surface area is 196 Å². The van der Waals surface area contributed by atoms with Crippen molar-refractivity contribution in [2.24, 2.45) is 28.6 Å². The van der Waals surface area contributed by atoms with E-state index in [-0.39, 0.29) is 28.5 Å². The first-order chi connectivity index (χ1) is 15.9. The van der Waals surface area contributed by atoms with Gasteiger partial charge in [0.1, 0.15) is 11.7 Å². The fourth-order valence-corrected chi connectivity index (χ4v) is 9.28. The molecule has 5 heteroatoms. The topological polar surface area (TPSA) is 57.3 Å². The molecule has 4 saturated carbocycles. The molecule has 5 nitrogen and oxygen atoms in total. The lowest BCUT2D eigenvalue weighted by atomic mass is 9.44. The summed E-state index contributed by atoms with van der Waals surface area (Å²) in [7, 11) is 0. The Kier molecular flexibility index (Phi) is 4.32. The third-order valence-electron chi connectivity index (χ3n) is 11.1. The van der Waals surface area contributed by atoms with Crippen LogP contribution in [-0.2, 0) is 18.9 Å². The number of benzene rings is 1. The van der Waals surface area contributed by atoms with Crippen LogP contribution in [-0.4, -0.2) is 42.8 Å². The van der Waals surface area contributed by atoms with Gasteiger partial charge in [-0.1, -0.05) is 32.0 Å². The van der Waals surface area contributed by atoms with Crippen LogP contribution in [0.2, 0.25) is 0 Å². The number of epoxide rings is 1. The van der Waals surface area contributed by atoms with E-state index in [4.69, 9.17) is 18.9 Å². The molecule has 0 N–H and O–H groups in total. The zero-order chi connectivity index (χ0) is 22.5. The van der Waals surface area contributed by atoms with E-state index >= 15 is 0 Å². The fourth-order valence-electron chi connectivity index (χ4n) is 9.28. The average molecular weight is 453 g/mol. The van der Waals surface area contributed by atoms with Crippen molar-refractivity contribution in [3.63, 3.8) is 0 Å². The van der Waals surface area contributed by atoms with Crippen molar-refractivity contribution in [3.8, 4) is 0 Å². The second-order valence-electron chi connectivity index (χ2n) is 12.2. The van der Waals surface area contributed by atoms with E-state index in [0.717, 1.165) is 44.9 Å². The average Bonchev–Trinajstić information content (AvgIpc) is 3.15. The van der Waals surface area contributed by atoms with Gasteiger partial charge >= 0.3 is 5.97 Å². The Morgan fingerprint density at radius 3 is 2.55 bits per heavy atom. The van der Waals surface area contributed by atoms with Gasteiger partial charge in [0.25, 0.3) is 0 Å². The van der Waals surface area contributed by atoms with Crippen molar-refractivity contribution in [2.45, 2.75) is 88.8 Å². The number of hydrogen-bond acceptors (Lipinski definition) is 5. The Balaban J connectivity index is 1.13. The van der Waals surface area contributed by atoms with Crippen molar-refractivity contribution in [1.82, 2.24) is 0 Å². The smallest absolute Gasteiger partial charge is 0.338 e. The Hall–Kier alpha value is -1.43. The van der Waals surface area contributed by atoms with Gasteiger partial charge < -0.3 is 18.9 Å². The van der Waals surface area contributed by atoms with E-state index in [0.29, 0.717) is 42.6 Å². The van der Waals surface area contributed by atoms with Gasteiger partial charge in [0.15, 0.2) is 5.79 Å². The second-order valence-corrected chi connectivity index (χ2v) is 12.2. The highest BCUT2D eigenvalue weighted by molar-refractivity contribution is 5.89. The SMILES string of the molecule is C[C@]12CC[C@H]3[C@@H](C[C@@H]4O[C@@]45CC4(CC[C@]35C)OCCO4)[C@@H]1CC[C@H]2OC(=O)c1ccccc1. The van der Waals surface area contributed by atoms with Gasteiger partial charge in [0.05, 0.1) is 24.9 Å². The molecule has 0 aromatic heterocycles. The number of fused-ring (bicyclic) bond motifs is 4. The molecule has 0 bridgehead atoms. The first kappa shape index (κ1) is 20.9. The van der Waals surface area contributed by atoms with Crippen LogP contribution < -0.4 is 0 Å². The zero-order valence-corrected chi connectivity index (χ0v) is 19.9. The molecule has 4 aliphatic carbocycles. The Morgan fingerprint density at radius 2 is 1.76 bits per heavy atom. The minimum atomic E-state index is -0.394. The molecule has 33 heavy (non-hydrogen) atoms. The van der Waals surface area contributed by atoms with Crippen molar-refractivity contribution in [2.75, 3.05) is 13.2 Å². The quantitative estimate of drug-likeness (QED) is 0.460. The number of hydrogen-bond donors (Lipinski definition) is 0. The Bertz CT molecular complexity index is 956. The summed E-state index contributed by atoms with van der Waals surface area (Å²) < 4.78 is 25.1. The van der Waals surface area contributed by atoms with E-state index in [1.165, 1.54) is 6.42 Å². The predicted molar refractivity (Wildman–Crippen MR) is 122 cm³/mol. The number of esters is 1. The van der Waals surface area contributed by atoms with Crippen LogP contribution >= 0.6 is 0 Å². The van der Waals surface area contributed by atoms with Crippen molar-refractivity contribution in [1.29, 1.82) is 0 Å². The molecule has 0 radical (unpaired) electrons. The van der Waals surface area contributed by atoms with Gasteiger partial charge in [0.2, 0.25) is 0 Å². The van der Waals surface area contributed by atoms with Crippen LogP contribution in [0.3, 0.4) is 0 Å². The fraction of sp³-hybridized carbons (Fsp3) is 0.750. The van der Waals surface area contributed by atoms with E-state index in [1.54, 1.807) is 0 Å². The van der Waals surface area contributed by atoms with Gasteiger partial charge in [-0.15, -0.1) is 0 Å². The Morgan fingerprint density at radius 1 is 0.970 bits per heavy atom. The van der Waals surface area contributed by atoms with Crippen molar-refractivity contribution in [3.05, 3.63) is 35.9 Å². The maximum Gasteiger partial charge on any atom is 0.338 e. The van der Waals surface area contributed by atoms with Gasteiger partial charge in [-0.2, -0.15) is 0 Å². The molecule has 8 atom stereocenters. The summed E-state index contributed by atoms with van der Waals surface area (Å²) in [5, 5.41) is 0. The number of carbonyl (C=O) groups is 1. The number of ether oxygens (including phenoxy) is 4. The summed E-state index contributed by atoms with van der Waals surface area (Å²) >= 11 is 0. The summed E-state index contributed by atoms with van der Waals surface area (Å²) in [5.41, 5.74) is 0.876. The highest BCUT2D eigenvalue weighted by Gasteiger charge is 2.78. The van der Waals surface area contributed by atoms with Gasteiger partial charge in [-0.05, 0) is 68.4 Å². The van der Waals surface area contributed by atoms with Crippen LogP contribution in [0.4, 0.5) is 0 Å². The molecule has 2 heterocycles.